The van der Waals surface area contributed by atoms with Crippen LogP contribution in [0.2, 0.25) is 0 Å². The van der Waals surface area contributed by atoms with Gasteiger partial charge in [0.1, 0.15) is 17.4 Å². The van der Waals surface area contributed by atoms with Gasteiger partial charge in [-0.1, -0.05) is 25.1 Å². The van der Waals surface area contributed by atoms with Crippen LogP contribution in [0.4, 0.5) is 5.69 Å². The average Bonchev–Trinajstić information content (AvgIpc) is 2.93. The lowest BCUT2D eigenvalue weighted by Gasteiger charge is -2.08. The maximum Gasteiger partial charge on any atom is 0.274 e. The topological polar surface area (TPSA) is 70.2 Å². The second-order valence-corrected chi connectivity index (χ2v) is 5.31. The molecule has 0 fully saturated rings. The minimum Gasteiger partial charge on any atom is -0.319 e. The van der Waals surface area contributed by atoms with Gasteiger partial charge in [-0.2, -0.15) is 5.26 Å². The molecule has 1 aromatic carbocycles. The smallest absolute Gasteiger partial charge is 0.274 e. The average molecular weight is 304 g/mol. The van der Waals surface area contributed by atoms with Crippen LogP contribution in [-0.2, 0) is 6.42 Å². The van der Waals surface area contributed by atoms with Crippen LogP contribution >= 0.6 is 0 Å². The van der Waals surface area contributed by atoms with Gasteiger partial charge in [0, 0.05) is 6.20 Å². The molecular weight excluding hydrogens is 288 g/mol. The van der Waals surface area contributed by atoms with Gasteiger partial charge in [0.25, 0.3) is 5.91 Å². The van der Waals surface area contributed by atoms with E-state index >= 15 is 0 Å². The fourth-order valence-corrected chi connectivity index (χ4v) is 2.56. The number of anilines is 1. The number of nitriles is 1. The summed E-state index contributed by atoms with van der Waals surface area (Å²) in [4.78, 5) is 17.3. The normalized spacial score (nSPS) is 10.5. The lowest BCUT2D eigenvalue weighted by molar-refractivity contribution is 0.102. The molecule has 5 nitrogen and oxygen atoms in total. The van der Waals surface area contributed by atoms with E-state index in [0.29, 0.717) is 23.4 Å². The molecule has 0 saturated heterocycles. The van der Waals surface area contributed by atoms with Gasteiger partial charge in [0.15, 0.2) is 0 Å². The molecule has 114 valence electrons. The lowest BCUT2D eigenvalue weighted by atomic mass is 10.2. The standard InChI is InChI=1S/C18H16N4O/c1-3-14-17(22-11-12(2)8-9-16(22)20-14)18(23)21-15-7-5-4-6-13(15)10-19/h4-9,11H,3H2,1-2H3,(H,21,23). The third-order valence-electron chi connectivity index (χ3n) is 3.68. The van der Waals surface area contributed by atoms with Gasteiger partial charge in [-0.05, 0) is 37.1 Å². The summed E-state index contributed by atoms with van der Waals surface area (Å²) in [5.41, 5.74) is 3.98. The Bertz CT molecular complexity index is 934. The number of hydrogen-bond donors (Lipinski definition) is 1. The zero-order chi connectivity index (χ0) is 16.4. The maximum atomic E-state index is 12.8. The molecule has 0 aliphatic rings. The minimum atomic E-state index is -0.261. The SMILES string of the molecule is CCc1nc2ccc(C)cn2c1C(=O)Nc1ccccc1C#N. The van der Waals surface area contributed by atoms with Crippen molar-refractivity contribution in [3.05, 3.63) is 65.1 Å². The summed E-state index contributed by atoms with van der Waals surface area (Å²) < 4.78 is 1.80. The van der Waals surface area contributed by atoms with Gasteiger partial charge in [-0.15, -0.1) is 0 Å². The molecule has 0 saturated carbocycles. The van der Waals surface area contributed by atoms with Gasteiger partial charge >= 0.3 is 0 Å². The highest BCUT2D eigenvalue weighted by molar-refractivity contribution is 6.05. The van der Waals surface area contributed by atoms with Gasteiger partial charge in [0.05, 0.1) is 16.9 Å². The van der Waals surface area contributed by atoms with Crippen molar-refractivity contribution in [1.82, 2.24) is 9.38 Å². The molecule has 0 spiro atoms. The summed E-state index contributed by atoms with van der Waals surface area (Å²) in [5.74, 6) is -0.261. The number of amides is 1. The third-order valence-corrected chi connectivity index (χ3v) is 3.68. The van der Waals surface area contributed by atoms with Crippen LogP contribution in [-0.4, -0.2) is 15.3 Å². The van der Waals surface area contributed by atoms with E-state index in [-0.39, 0.29) is 5.91 Å². The Kier molecular flexibility index (Phi) is 3.82. The van der Waals surface area contributed by atoms with Crippen molar-refractivity contribution < 1.29 is 4.79 Å². The van der Waals surface area contributed by atoms with Crippen LogP contribution in [0, 0.1) is 18.3 Å². The number of carbonyl (C=O) groups is 1. The Morgan fingerprint density at radius 3 is 2.83 bits per heavy atom. The molecule has 1 amide bonds. The van der Waals surface area contributed by atoms with E-state index in [1.54, 1.807) is 28.7 Å². The summed E-state index contributed by atoms with van der Waals surface area (Å²) in [6.45, 7) is 3.94. The first kappa shape index (κ1) is 14.8. The Labute approximate surface area is 134 Å². The highest BCUT2D eigenvalue weighted by atomic mass is 16.2. The molecule has 2 heterocycles. The van der Waals surface area contributed by atoms with Crippen LogP contribution in [0.3, 0.4) is 0 Å². The number of carbonyl (C=O) groups excluding carboxylic acids is 1. The van der Waals surface area contributed by atoms with Crippen molar-refractivity contribution in [1.29, 1.82) is 5.26 Å². The van der Waals surface area contributed by atoms with Crippen molar-refractivity contribution in [2.75, 3.05) is 5.32 Å². The summed E-state index contributed by atoms with van der Waals surface area (Å²) in [7, 11) is 0. The van der Waals surface area contributed by atoms with E-state index in [9.17, 15) is 4.79 Å². The maximum absolute atomic E-state index is 12.8. The lowest BCUT2D eigenvalue weighted by Crippen LogP contribution is -2.17. The fraction of sp³-hybridized carbons (Fsp3) is 0.167. The number of benzene rings is 1. The number of aromatic nitrogens is 2. The zero-order valence-electron chi connectivity index (χ0n) is 13.0. The molecule has 5 heteroatoms. The molecule has 2 aromatic heterocycles. The van der Waals surface area contributed by atoms with Crippen molar-refractivity contribution in [2.45, 2.75) is 20.3 Å². The van der Waals surface area contributed by atoms with Gasteiger partial charge < -0.3 is 5.32 Å². The Hall–Kier alpha value is -3.13. The highest BCUT2D eigenvalue weighted by Crippen LogP contribution is 2.19. The minimum absolute atomic E-state index is 0.261. The molecule has 0 unspecified atom stereocenters. The Morgan fingerprint density at radius 2 is 2.09 bits per heavy atom. The van der Waals surface area contributed by atoms with Gasteiger partial charge in [-0.3, -0.25) is 9.20 Å². The summed E-state index contributed by atoms with van der Waals surface area (Å²) in [5, 5.41) is 12.0. The number of fused-ring (bicyclic) bond motifs is 1. The molecule has 1 N–H and O–H groups in total. The number of pyridine rings is 1. The fourth-order valence-electron chi connectivity index (χ4n) is 2.56. The van der Waals surface area contributed by atoms with Crippen molar-refractivity contribution in [3.63, 3.8) is 0 Å². The molecule has 0 aliphatic heterocycles. The van der Waals surface area contributed by atoms with Crippen LogP contribution < -0.4 is 5.32 Å². The van der Waals surface area contributed by atoms with Crippen LogP contribution in [0.25, 0.3) is 5.65 Å². The molecule has 3 aromatic rings. The van der Waals surface area contributed by atoms with Gasteiger partial charge in [-0.25, -0.2) is 4.98 Å². The van der Waals surface area contributed by atoms with E-state index in [4.69, 9.17) is 5.26 Å². The zero-order valence-corrected chi connectivity index (χ0v) is 13.0. The van der Waals surface area contributed by atoms with E-state index < -0.39 is 0 Å². The van der Waals surface area contributed by atoms with Crippen molar-refractivity contribution >= 4 is 17.2 Å². The Morgan fingerprint density at radius 1 is 1.30 bits per heavy atom. The number of rotatable bonds is 3. The molecule has 0 atom stereocenters. The quantitative estimate of drug-likeness (QED) is 0.807. The number of aryl methyl sites for hydroxylation is 2. The Balaban J connectivity index is 2.07. The first-order valence-corrected chi connectivity index (χ1v) is 7.42. The summed E-state index contributed by atoms with van der Waals surface area (Å²) >= 11 is 0. The molecular formula is C18H16N4O. The molecule has 0 aliphatic carbocycles. The summed E-state index contributed by atoms with van der Waals surface area (Å²) in [6.07, 6.45) is 2.55. The number of imidazole rings is 1. The largest absolute Gasteiger partial charge is 0.319 e. The molecule has 3 rings (SSSR count). The van der Waals surface area contributed by atoms with E-state index in [1.807, 2.05) is 32.2 Å². The number of hydrogen-bond acceptors (Lipinski definition) is 3. The number of nitrogens with zero attached hydrogens (tertiary/aromatic N) is 3. The molecule has 23 heavy (non-hydrogen) atoms. The van der Waals surface area contributed by atoms with E-state index in [1.165, 1.54) is 0 Å². The third kappa shape index (κ3) is 2.67. The monoisotopic (exact) mass is 304 g/mol. The number of nitrogens with one attached hydrogen (secondary N) is 1. The summed E-state index contributed by atoms with van der Waals surface area (Å²) in [6, 6.07) is 12.9. The predicted molar refractivity (Wildman–Crippen MR) is 88.4 cm³/mol. The van der Waals surface area contributed by atoms with Crippen LogP contribution in [0.1, 0.15) is 34.2 Å². The van der Waals surface area contributed by atoms with Crippen molar-refractivity contribution in [2.24, 2.45) is 0 Å². The van der Waals surface area contributed by atoms with Crippen molar-refractivity contribution in [3.8, 4) is 6.07 Å². The molecule has 0 bridgehead atoms. The number of para-hydroxylation sites is 1. The molecule has 0 radical (unpaired) electrons. The second kappa shape index (κ2) is 5.93. The predicted octanol–water partition coefficient (Wildman–Crippen LogP) is 3.33. The van der Waals surface area contributed by atoms with Crippen LogP contribution in [0.5, 0.6) is 0 Å². The first-order valence-electron chi connectivity index (χ1n) is 7.42. The van der Waals surface area contributed by atoms with Gasteiger partial charge in [0.2, 0.25) is 0 Å². The van der Waals surface area contributed by atoms with E-state index in [2.05, 4.69) is 16.4 Å². The highest BCUT2D eigenvalue weighted by Gasteiger charge is 2.19. The first-order chi connectivity index (χ1) is 11.1. The van der Waals surface area contributed by atoms with Crippen LogP contribution in [0.15, 0.2) is 42.6 Å². The van der Waals surface area contributed by atoms with E-state index in [0.717, 1.165) is 16.9 Å². The second-order valence-electron chi connectivity index (χ2n) is 5.31.